The fourth-order valence-electron chi connectivity index (χ4n) is 2.34. The summed E-state index contributed by atoms with van der Waals surface area (Å²) in [6, 6.07) is 3.88. The second-order valence-electron chi connectivity index (χ2n) is 4.77. The standard InChI is InChI=1S/C13H18N2O4/c1-9-6-14(7-10(2)19-9)12-3-11(8-16)4-13(5-12)15(17)18/h3-5,9-10,16H,6-8H2,1-2H3/t9-,10+/i8D2. The summed E-state index contributed by atoms with van der Waals surface area (Å²) in [7, 11) is 0. The van der Waals surface area contributed by atoms with Crippen molar-refractivity contribution in [3.05, 3.63) is 33.9 Å². The van der Waals surface area contributed by atoms with Crippen LogP contribution in [0, 0.1) is 10.1 Å². The Balaban J connectivity index is 2.42. The number of hydrogen-bond donors (Lipinski definition) is 1. The van der Waals surface area contributed by atoms with E-state index >= 15 is 0 Å². The van der Waals surface area contributed by atoms with Gasteiger partial charge in [0.1, 0.15) is 0 Å². The highest BCUT2D eigenvalue weighted by Gasteiger charge is 2.24. The summed E-state index contributed by atoms with van der Waals surface area (Å²) in [6.07, 6.45) is -0.0512. The number of nitro groups is 1. The minimum Gasteiger partial charge on any atom is -0.392 e. The predicted molar refractivity (Wildman–Crippen MR) is 71.2 cm³/mol. The molecule has 0 amide bonds. The van der Waals surface area contributed by atoms with E-state index in [4.69, 9.17) is 7.48 Å². The Hall–Kier alpha value is -1.66. The van der Waals surface area contributed by atoms with Gasteiger partial charge in [-0.05, 0) is 25.5 Å². The van der Waals surface area contributed by atoms with Crippen LogP contribution in [0.15, 0.2) is 18.2 Å². The van der Waals surface area contributed by atoms with Crippen molar-refractivity contribution in [1.82, 2.24) is 0 Å². The van der Waals surface area contributed by atoms with Crippen molar-refractivity contribution in [3.63, 3.8) is 0 Å². The lowest BCUT2D eigenvalue weighted by atomic mass is 10.1. The molecule has 0 spiro atoms. The smallest absolute Gasteiger partial charge is 0.271 e. The molecule has 2 atom stereocenters. The molecule has 0 aliphatic carbocycles. The number of benzene rings is 1. The van der Waals surface area contributed by atoms with Crippen molar-refractivity contribution < 1.29 is 17.5 Å². The van der Waals surface area contributed by atoms with Crippen LogP contribution in [0.3, 0.4) is 0 Å². The maximum atomic E-state index is 11.0. The Morgan fingerprint density at radius 3 is 2.63 bits per heavy atom. The van der Waals surface area contributed by atoms with Crippen LogP contribution < -0.4 is 4.90 Å². The Bertz CT molecular complexity index is 537. The van der Waals surface area contributed by atoms with Gasteiger partial charge in [0, 0.05) is 30.9 Å². The molecule has 2 rings (SSSR count). The molecule has 1 aliphatic heterocycles. The average molecular weight is 268 g/mol. The molecular formula is C13H18N2O4. The molecule has 1 fully saturated rings. The molecule has 6 heteroatoms. The van der Waals surface area contributed by atoms with Gasteiger partial charge >= 0.3 is 0 Å². The third kappa shape index (κ3) is 3.21. The van der Waals surface area contributed by atoms with Gasteiger partial charge < -0.3 is 14.7 Å². The lowest BCUT2D eigenvalue weighted by molar-refractivity contribution is -0.384. The minimum absolute atomic E-state index is 0.0256. The van der Waals surface area contributed by atoms with Gasteiger partial charge in [-0.15, -0.1) is 0 Å². The summed E-state index contributed by atoms with van der Waals surface area (Å²) in [6.45, 7) is 2.31. The number of rotatable bonds is 3. The molecule has 0 saturated carbocycles. The molecule has 6 nitrogen and oxygen atoms in total. The van der Waals surface area contributed by atoms with E-state index in [-0.39, 0.29) is 23.5 Å². The molecule has 0 unspecified atom stereocenters. The van der Waals surface area contributed by atoms with Crippen molar-refractivity contribution in [2.24, 2.45) is 0 Å². The topological polar surface area (TPSA) is 75.8 Å². The third-order valence-electron chi connectivity index (χ3n) is 3.03. The zero-order valence-corrected chi connectivity index (χ0v) is 10.9. The molecule has 104 valence electrons. The van der Waals surface area contributed by atoms with Crippen molar-refractivity contribution in [1.29, 1.82) is 0 Å². The molecule has 0 radical (unpaired) electrons. The van der Waals surface area contributed by atoms with Gasteiger partial charge in [0.05, 0.1) is 26.4 Å². The van der Waals surface area contributed by atoms with Crippen LogP contribution in [0.4, 0.5) is 11.4 Å². The minimum atomic E-state index is -2.62. The van der Waals surface area contributed by atoms with Crippen molar-refractivity contribution in [2.75, 3.05) is 18.0 Å². The first-order valence-electron chi connectivity index (χ1n) is 7.09. The zero-order chi connectivity index (χ0) is 15.8. The third-order valence-corrected chi connectivity index (χ3v) is 3.03. The summed E-state index contributed by atoms with van der Waals surface area (Å²) in [4.78, 5) is 12.3. The molecule has 1 aromatic rings. The van der Waals surface area contributed by atoms with E-state index in [2.05, 4.69) is 0 Å². The van der Waals surface area contributed by atoms with Crippen molar-refractivity contribution in [2.45, 2.75) is 32.6 Å². The van der Waals surface area contributed by atoms with Crippen LogP contribution >= 0.6 is 0 Å². The zero-order valence-electron chi connectivity index (χ0n) is 12.9. The summed E-state index contributed by atoms with van der Waals surface area (Å²) in [5.41, 5.74) is 0.143. The maximum Gasteiger partial charge on any atom is 0.271 e. The highest BCUT2D eigenvalue weighted by molar-refractivity contribution is 5.56. The largest absolute Gasteiger partial charge is 0.392 e. The molecule has 19 heavy (non-hydrogen) atoms. The molecule has 1 aromatic carbocycles. The fourth-order valence-corrected chi connectivity index (χ4v) is 2.34. The number of aliphatic hydroxyl groups is 1. The molecule has 0 aromatic heterocycles. The molecular weight excluding hydrogens is 248 g/mol. The molecule has 0 bridgehead atoms. The Morgan fingerprint density at radius 2 is 2.11 bits per heavy atom. The summed E-state index contributed by atoms with van der Waals surface area (Å²) in [5, 5.41) is 20.5. The number of nitrogens with zero attached hydrogens (tertiary/aromatic N) is 2. The number of anilines is 1. The first-order valence-corrected chi connectivity index (χ1v) is 6.09. The Labute approximate surface area is 114 Å². The molecule has 1 heterocycles. The first-order chi connectivity index (χ1) is 9.66. The van der Waals surface area contributed by atoms with Gasteiger partial charge in [-0.3, -0.25) is 10.1 Å². The number of morpholine rings is 1. The van der Waals surface area contributed by atoms with Crippen LogP contribution in [0.2, 0.25) is 0 Å². The predicted octanol–water partition coefficient (Wildman–Crippen LogP) is 1.70. The number of non-ortho nitro benzene ring substituents is 1. The molecule has 1 saturated heterocycles. The maximum absolute atomic E-state index is 11.0. The van der Waals surface area contributed by atoms with E-state index in [1.54, 1.807) is 0 Å². The van der Waals surface area contributed by atoms with Crippen LogP contribution in [0.25, 0.3) is 0 Å². The van der Waals surface area contributed by atoms with E-state index in [9.17, 15) is 15.2 Å². The quantitative estimate of drug-likeness (QED) is 0.667. The van der Waals surface area contributed by atoms with E-state index in [1.807, 2.05) is 18.7 Å². The van der Waals surface area contributed by atoms with E-state index < -0.39 is 11.5 Å². The van der Waals surface area contributed by atoms with E-state index in [1.165, 1.54) is 12.1 Å². The lowest BCUT2D eigenvalue weighted by Crippen LogP contribution is -2.45. The summed E-state index contributed by atoms with van der Waals surface area (Å²) in [5.74, 6) is 0. The molecule has 1 aliphatic rings. The van der Waals surface area contributed by atoms with E-state index in [0.29, 0.717) is 18.8 Å². The van der Waals surface area contributed by atoms with Gasteiger partial charge in [-0.25, -0.2) is 0 Å². The summed E-state index contributed by atoms with van der Waals surface area (Å²) < 4.78 is 20.3. The monoisotopic (exact) mass is 268 g/mol. The highest BCUT2D eigenvalue weighted by Crippen LogP contribution is 2.26. The highest BCUT2D eigenvalue weighted by atomic mass is 16.6. The van der Waals surface area contributed by atoms with Gasteiger partial charge in [0.15, 0.2) is 0 Å². The van der Waals surface area contributed by atoms with E-state index in [0.717, 1.165) is 6.07 Å². The van der Waals surface area contributed by atoms with Crippen LogP contribution in [-0.4, -0.2) is 35.3 Å². The Kier molecular flexibility index (Phi) is 3.26. The number of ether oxygens (including phenoxy) is 1. The number of hydrogen-bond acceptors (Lipinski definition) is 5. The second kappa shape index (κ2) is 5.54. The second-order valence-corrected chi connectivity index (χ2v) is 4.77. The van der Waals surface area contributed by atoms with Crippen LogP contribution in [0.5, 0.6) is 0 Å². The van der Waals surface area contributed by atoms with Gasteiger partial charge in [-0.2, -0.15) is 0 Å². The van der Waals surface area contributed by atoms with Crippen LogP contribution in [-0.2, 0) is 11.3 Å². The van der Waals surface area contributed by atoms with Crippen molar-refractivity contribution in [3.8, 4) is 0 Å². The Morgan fingerprint density at radius 1 is 1.47 bits per heavy atom. The summed E-state index contributed by atoms with van der Waals surface area (Å²) >= 11 is 0. The normalized spacial score (nSPS) is 25.7. The van der Waals surface area contributed by atoms with Crippen molar-refractivity contribution >= 4 is 11.4 Å². The first kappa shape index (κ1) is 11.2. The van der Waals surface area contributed by atoms with Crippen LogP contribution in [0.1, 0.15) is 22.2 Å². The SMILES string of the molecule is [2H]C([2H])(O)c1cc(N2C[C@@H](C)O[C@@H](C)C2)cc([N+](=O)[O-])c1. The van der Waals surface area contributed by atoms with Gasteiger partial charge in [0.2, 0.25) is 0 Å². The van der Waals surface area contributed by atoms with Gasteiger partial charge in [0.25, 0.3) is 5.69 Å². The average Bonchev–Trinajstić information content (AvgIpc) is 2.36. The van der Waals surface area contributed by atoms with Gasteiger partial charge in [-0.1, -0.05) is 0 Å². The number of nitro benzene ring substituents is 1. The fraction of sp³-hybridized carbons (Fsp3) is 0.538. The lowest BCUT2D eigenvalue weighted by Gasteiger charge is -2.36. The molecule has 1 N–H and O–H groups in total.